The largest absolute Gasteiger partial charge is 0.462 e. The predicted octanol–water partition coefficient (Wildman–Crippen LogP) is 4.79. The molecule has 9 heteroatoms. The minimum Gasteiger partial charge on any atom is -0.462 e. The fraction of sp³-hybridized carbons (Fsp3) is 0.833. The number of hydrogen-bond donors (Lipinski definition) is 1. The molecule has 4 atom stereocenters. The van der Waals surface area contributed by atoms with Gasteiger partial charge in [-0.15, -0.1) is 0 Å². The molecule has 4 unspecified atom stereocenters. The molecule has 156 valence electrons. The summed E-state index contributed by atoms with van der Waals surface area (Å²) in [4.78, 5) is 12.6. The van der Waals surface area contributed by atoms with Gasteiger partial charge in [0.05, 0.1) is 5.41 Å². The molecule has 0 aromatic rings. The van der Waals surface area contributed by atoms with E-state index in [1.165, 1.54) is 0 Å². The summed E-state index contributed by atoms with van der Waals surface area (Å²) in [6.45, 7) is 4.79. The number of carbonyl (C=O) groups excluding carboxylic acids is 1. The smallest absolute Gasteiger partial charge is 0.426 e. The highest BCUT2D eigenvalue weighted by molar-refractivity contribution is 5.78. The normalized spacial score (nSPS) is 29.4. The Bertz CT molecular complexity index is 581. The van der Waals surface area contributed by atoms with E-state index in [1.54, 1.807) is 20.8 Å². The van der Waals surface area contributed by atoms with Gasteiger partial charge in [-0.05, 0) is 43.9 Å². The molecule has 0 spiro atoms. The zero-order chi connectivity index (χ0) is 20.8. The van der Waals surface area contributed by atoms with Crippen LogP contribution in [0.5, 0.6) is 0 Å². The zero-order valence-electron chi connectivity index (χ0n) is 15.3. The number of ether oxygens (including phenoxy) is 1. The molecule has 1 saturated carbocycles. The minimum atomic E-state index is -5.94. The van der Waals surface area contributed by atoms with E-state index < -0.39 is 41.9 Å². The van der Waals surface area contributed by atoms with Crippen LogP contribution in [-0.4, -0.2) is 35.1 Å². The van der Waals surface area contributed by atoms with Crippen LogP contribution in [0, 0.1) is 23.2 Å². The monoisotopic (exact) mass is 402 g/mol. The fourth-order valence-electron chi connectivity index (χ4n) is 4.04. The first-order valence-electron chi connectivity index (χ1n) is 8.85. The van der Waals surface area contributed by atoms with E-state index in [1.807, 2.05) is 12.2 Å². The van der Waals surface area contributed by atoms with Crippen molar-refractivity contribution in [2.24, 2.45) is 23.2 Å². The van der Waals surface area contributed by atoms with Gasteiger partial charge in [0, 0.05) is 6.42 Å². The molecule has 0 aromatic carbocycles. The van der Waals surface area contributed by atoms with Crippen LogP contribution in [0.2, 0.25) is 0 Å². The van der Waals surface area contributed by atoms with Gasteiger partial charge in [-0.2, -0.15) is 26.3 Å². The number of aliphatic hydroxyl groups is 1. The molecule has 0 radical (unpaired) electrons. The van der Waals surface area contributed by atoms with Crippen LogP contribution in [0.25, 0.3) is 0 Å². The number of esters is 1. The first-order valence-corrected chi connectivity index (χ1v) is 8.85. The number of allylic oxidation sites excluding steroid dienone is 2. The standard InChI is InChI=1S/C18H24F6O3/c1-10(2)6-13(9-16(26,17(19,20)21)18(22,23)24)27-14(25)15(3)8-11-4-5-12(15)7-11/h4-5,10-13,26H,6-9H2,1-3H3. The van der Waals surface area contributed by atoms with Crippen LogP contribution in [0.4, 0.5) is 26.3 Å². The molecular weight excluding hydrogens is 378 g/mol. The van der Waals surface area contributed by atoms with Crippen LogP contribution in [0.1, 0.15) is 46.5 Å². The second-order valence-electron chi connectivity index (χ2n) is 8.33. The van der Waals surface area contributed by atoms with E-state index in [-0.39, 0.29) is 24.2 Å². The Kier molecular flexibility index (Phi) is 5.69. The van der Waals surface area contributed by atoms with E-state index in [0.29, 0.717) is 6.42 Å². The van der Waals surface area contributed by atoms with Gasteiger partial charge in [0.1, 0.15) is 6.10 Å². The number of rotatable bonds is 6. The summed E-state index contributed by atoms with van der Waals surface area (Å²) in [6.07, 6.45) is -10.6. The van der Waals surface area contributed by atoms with Crippen molar-refractivity contribution in [1.82, 2.24) is 0 Å². The summed E-state index contributed by atoms with van der Waals surface area (Å²) < 4.78 is 83.2. The van der Waals surface area contributed by atoms with Crippen molar-refractivity contribution in [2.45, 2.75) is 70.5 Å². The number of hydrogen-bond acceptors (Lipinski definition) is 3. The molecule has 27 heavy (non-hydrogen) atoms. The Hall–Kier alpha value is -1.25. The first-order chi connectivity index (χ1) is 12.1. The maximum Gasteiger partial charge on any atom is 0.426 e. The Balaban J connectivity index is 2.22. The maximum atomic E-state index is 13.0. The summed E-state index contributed by atoms with van der Waals surface area (Å²) in [6, 6.07) is 0. The van der Waals surface area contributed by atoms with Crippen molar-refractivity contribution in [3.05, 3.63) is 12.2 Å². The lowest BCUT2D eigenvalue weighted by molar-refractivity contribution is -0.374. The van der Waals surface area contributed by atoms with Crippen LogP contribution in [-0.2, 0) is 9.53 Å². The SMILES string of the molecule is CC(C)CC(CC(O)(C(F)(F)F)C(F)(F)F)OC(=O)C1(C)CC2C=CC1C2. The lowest BCUT2D eigenvalue weighted by atomic mass is 9.77. The van der Waals surface area contributed by atoms with Gasteiger partial charge in [0.15, 0.2) is 0 Å². The first kappa shape index (κ1) is 22.0. The average Bonchev–Trinajstić information content (AvgIpc) is 3.04. The predicted molar refractivity (Wildman–Crippen MR) is 84.5 cm³/mol. The molecule has 0 saturated heterocycles. The van der Waals surface area contributed by atoms with Crippen molar-refractivity contribution in [3.8, 4) is 0 Å². The molecule has 1 N–H and O–H groups in total. The van der Waals surface area contributed by atoms with E-state index in [0.717, 1.165) is 6.42 Å². The van der Waals surface area contributed by atoms with Gasteiger partial charge in [-0.25, -0.2) is 0 Å². The second-order valence-corrected chi connectivity index (χ2v) is 8.33. The highest BCUT2D eigenvalue weighted by Crippen LogP contribution is 2.53. The van der Waals surface area contributed by atoms with E-state index in [2.05, 4.69) is 0 Å². The number of halogens is 6. The highest BCUT2D eigenvalue weighted by Gasteiger charge is 2.71. The van der Waals surface area contributed by atoms with Crippen molar-refractivity contribution in [1.29, 1.82) is 0 Å². The minimum absolute atomic E-state index is 0.140. The summed E-state index contributed by atoms with van der Waals surface area (Å²) in [5.74, 6) is -1.12. The van der Waals surface area contributed by atoms with Gasteiger partial charge in [-0.3, -0.25) is 4.79 Å². The molecule has 2 bridgehead atoms. The lowest BCUT2D eigenvalue weighted by Crippen LogP contribution is -2.59. The van der Waals surface area contributed by atoms with E-state index in [4.69, 9.17) is 4.74 Å². The molecule has 1 fully saturated rings. The summed E-state index contributed by atoms with van der Waals surface area (Å²) in [7, 11) is 0. The number of alkyl halides is 6. The van der Waals surface area contributed by atoms with Crippen molar-refractivity contribution < 1.29 is 41.0 Å². The Morgan fingerprint density at radius 2 is 1.74 bits per heavy atom. The molecule has 2 rings (SSSR count). The van der Waals surface area contributed by atoms with E-state index >= 15 is 0 Å². The Morgan fingerprint density at radius 3 is 2.11 bits per heavy atom. The second kappa shape index (κ2) is 6.97. The lowest BCUT2D eigenvalue weighted by Gasteiger charge is -2.37. The van der Waals surface area contributed by atoms with Gasteiger partial charge in [0.25, 0.3) is 5.60 Å². The molecule has 2 aliphatic rings. The Morgan fingerprint density at radius 1 is 1.19 bits per heavy atom. The van der Waals surface area contributed by atoms with Crippen molar-refractivity contribution in [2.75, 3.05) is 0 Å². The molecule has 0 aromatic heterocycles. The molecule has 3 nitrogen and oxygen atoms in total. The summed E-state index contributed by atoms with van der Waals surface area (Å²) >= 11 is 0. The molecule has 0 aliphatic heterocycles. The molecular formula is C18H24F6O3. The van der Waals surface area contributed by atoms with Gasteiger partial charge in [0.2, 0.25) is 0 Å². The quantitative estimate of drug-likeness (QED) is 0.395. The third-order valence-electron chi connectivity index (χ3n) is 5.61. The third-order valence-corrected chi connectivity index (χ3v) is 5.61. The summed E-state index contributed by atoms with van der Waals surface area (Å²) in [5, 5.41) is 9.46. The van der Waals surface area contributed by atoms with Crippen molar-refractivity contribution in [3.63, 3.8) is 0 Å². The van der Waals surface area contributed by atoms with Gasteiger partial charge >= 0.3 is 18.3 Å². The summed E-state index contributed by atoms with van der Waals surface area (Å²) in [5.41, 5.74) is -5.90. The molecule has 2 aliphatic carbocycles. The van der Waals surface area contributed by atoms with Crippen LogP contribution < -0.4 is 0 Å². The molecule has 0 amide bonds. The zero-order valence-corrected chi connectivity index (χ0v) is 15.3. The van der Waals surface area contributed by atoms with Crippen LogP contribution >= 0.6 is 0 Å². The van der Waals surface area contributed by atoms with Crippen molar-refractivity contribution >= 4 is 5.97 Å². The van der Waals surface area contributed by atoms with Crippen LogP contribution in [0.3, 0.4) is 0 Å². The molecule has 0 heterocycles. The third kappa shape index (κ3) is 4.12. The number of fused-ring (bicyclic) bond motifs is 2. The fourth-order valence-corrected chi connectivity index (χ4v) is 4.04. The van der Waals surface area contributed by atoms with Gasteiger partial charge in [-0.1, -0.05) is 26.0 Å². The maximum absolute atomic E-state index is 13.0. The highest BCUT2D eigenvalue weighted by atomic mass is 19.4. The van der Waals surface area contributed by atoms with E-state index in [9.17, 15) is 36.2 Å². The van der Waals surface area contributed by atoms with Crippen LogP contribution in [0.15, 0.2) is 12.2 Å². The topological polar surface area (TPSA) is 46.5 Å². The number of carbonyl (C=O) groups is 1. The average molecular weight is 402 g/mol. The Labute approximate surface area is 153 Å². The van der Waals surface area contributed by atoms with Gasteiger partial charge < -0.3 is 9.84 Å².